The quantitative estimate of drug-likeness (QED) is 0.643. The predicted octanol–water partition coefficient (Wildman–Crippen LogP) is 4.32. The first-order chi connectivity index (χ1) is 13.5. The molecule has 4 nitrogen and oxygen atoms in total. The molecule has 2 aromatic heterocycles. The third-order valence-corrected chi connectivity index (χ3v) is 6.90. The summed E-state index contributed by atoms with van der Waals surface area (Å²) in [5.74, 6) is 1.25. The lowest BCUT2D eigenvalue weighted by Gasteiger charge is -2.56. The minimum absolute atomic E-state index is 0.333. The van der Waals surface area contributed by atoms with E-state index in [4.69, 9.17) is 9.72 Å². The van der Waals surface area contributed by atoms with Gasteiger partial charge in [0.15, 0.2) is 6.20 Å². The number of nitrogens with zero attached hydrogens (tertiary/aromatic N) is 3. The third-order valence-electron chi connectivity index (χ3n) is 6.90. The number of fused-ring (bicyclic) bond motifs is 1. The van der Waals surface area contributed by atoms with Crippen LogP contribution in [0, 0.1) is 11.3 Å². The predicted molar refractivity (Wildman–Crippen MR) is 111 cm³/mol. The van der Waals surface area contributed by atoms with Crippen LogP contribution in [0.5, 0.6) is 6.01 Å². The molecule has 1 fully saturated rings. The van der Waals surface area contributed by atoms with Gasteiger partial charge in [-0.2, -0.15) is 9.97 Å². The lowest BCUT2D eigenvalue weighted by atomic mass is 9.48. The van der Waals surface area contributed by atoms with Crippen molar-refractivity contribution in [2.24, 2.45) is 18.4 Å². The number of hydrogen-bond acceptors (Lipinski definition) is 3. The van der Waals surface area contributed by atoms with Gasteiger partial charge in [-0.25, -0.2) is 4.57 Å². The van der Waals surface area contributed by atoms with Crippen LogP contribution in [0.1, 0.15) is 48.7 Å². The molecule has 0 N–H and O–H groups in total. The average molecular weight is 372 g/mol. The highest BCUT2D eigenvalue weighted by molar-refractivity contribution is 5.80. The Hall–Kier alpha value is -2.75. The van der Waals surface area contributed by atoms with Gasteiger partial charge in [0.2, 0.25) is 5.52 Å². The summed E-state index contributed by atoms with van der Waals surface area (Å²) in [7, 11) is 3.74. The van der Waals surface area contributed by atoms with Crippen LogP contribution < -0.4 is 9.30 Å². The fourth-order valence-corrected chi connectivity index (χ4v) is 5.00. The second kappa shape index (κ2) is 6.13. The number of rotatable bonds is 3. The highest BCUT2D eigenvalue weighted by atomic mass is 16.5. The van der Waals surface area contributed by atoms with Crippen LogP contribution in [0.25, 0.3) is 23.1 Å². The molecule has 4 heteroatoms. The van der Waals surface area contributed by atoms with E-state index in [0.29, 0.717) is 17.3 Å². The normalized spacial score (nSPS) is 22.1. The molecule has 0 saturated heterocycles. The van der Waals surface area contributed by atoms with E-state index in [1.807, 2.05) is 0 Å². The summed E-state index contributed by atoms with van der Waals surface area (Å²) in [4.78, 5) is 9.43. The molecule has 0 amide bonds. The molecule has 3 aliphatic rings. The van der Waals surface area contributed by atoms with Crippen molar-refractivity contribution in [3.8, 4) is 6.01 Å². The van der Waals surface area contributed by atoms with E-state index in [1.54, 1.807) is 7.11 Å². The van der Waals surface area contributed by atoms with Crippen molar-refractivity contribution < 1.29 is 9.30 Å². The summed E-state index contributed by atoms with van der Waals surface area (Å²) in [6, 6.07) is 11.1. The van der Waals surface area contributed by atoms with Gasteiger partial charge in [-0.05, 0) is 48.5 Å². The SMILES string of the molecule is COc1nc(C=Cc2cc3ccccc3[n+](C)c2)c2c(n1)C1CC(C2)C1(C)C. The number of para-hydroxylation sites is 1. The summed E-state index contributed by atoms with van der Waals surface area (Å²) in [6.07, 6.45) is 8.74. The number of hydrogen-bond donors (Lipinski definition) is 0. The Labute approximate surface area is 165 Å². The Morgan fingerprint density at radius 2 is 2.00 bits per heavy atom. The molecule has 3 aliphatic carbocycles. The average Bonchev–Trinajstić information content (AvgIpc) is 2.71. The summed E-state index contributed by atoms with van der Waals surface area (Å²) < 4.78 is 7.59. The summed E-state index contributed by atoms with van der Waals surface area (Å²) in [5, 5.41) is 1.23. The molecule has 3 aromatic rings. The fourth-order valence-electron chi connectivity index (χ4n) is 5.00. The van der Waals surface area contributed by atoms with Gasteiger partial charge in [0.05, 0.1) is 18.5 Å². The molecule has 0 spiro atoms. The number of methoxy groups -OCH3 is 1. The van der Waals surface area contributed by atoms with E-state index < -0.39 is 0 Å². The molecule has 0 radical (unpaired) electrons. The van der Waals surface area contributed by atoms with Gasteiger partial charge < -0.3 is 4.74 Å². The van der Waals surface area contributed by atoms with Crippen molar-refractivity contribution in [3.05, 3.63) is 59.0 Å². The smallest absolute Gasteiger partial charge is 0.316 e. The number of aromatic nitrogens is 3. The first-order valence-electron chi connectivity index (χ1n) is 9.98. The lowest BCUT2D eigenvalue weighted by molar-refractivity contribution is -0.645. The van der Waals surface area contributed by atoms with Crippen LogP contribution in [0.15, 0.2) is 36.5 Å². The standard InChI is InChI=1S/C24H26N3O/c1-24(2)17-12-18-20(25-23(28-4)26-22(18)19(24)13-17)10-9-15-11-16-7-5-6-8-21(16)27(3)14-15/h5-11,14,17,19H,12-13H2,1-4H3/q+1. The van der Waals surface area contributed by atoms with E-state index in [9.17, 15) is 0 Å². The van der Waals surface area contributed by atoms with Crippen LogP contribution in [-0.2, 0) is 13.5 Å². The van der Waals surface area contributed by atoms with E-state index in [-0.39, 0.29) is 0 Å². The van der Waals surface area contributed by atoms with E-state index in [2.05, 4.69) is 79.1 Å². The van der Waals surface area contributed by atoms with Crippen LogP contribution in [-0.4, -0.2) is 17.1 Å². The van der Waals surface area contributed by atoms with Crippen molar-refractivity contribution in [3.63, 3.8) is 0 Å². The number of aryl methyl sites for hydroxylation is 1. The molecule has 1 saturated carbocycles. The topological polar surface area (TPSA) is 38.9 Å². The molecule has 1 aromatic carbocycles. The van der Waals surface area contributed by atoms with E-state index >= 15 is 0 Å². The molecular weight excluding hydrogens is 346 g/mol. The van der Waals surface area contributed by atoms with Crippen LogP contribution in [0.3, 0.4) is 0 Å². The molecule has 6 rings (SSSR count). The van der Waals surface area contributed by atoms with Crippen molar-refractivity contribution in [1.82, 2.24) is 9.97 Å². The monoisotopic (exact) mass is 372 g/mol. The Kier molecular flexibility index (Phi) is 3.80. The van der Waals surface area contributed by atoms with Crippen molar-refractivity contribution >= 4 is 23.1 Å². The van der Waals surface area contributed by atoms with Crippen molar-refractivity contribution in [2.45, 2.75) is 32.6 Å². The van der Waals surface area contributed by atoms with Crippen molar-refractivity contribution in [1.29, 1.82) is 0 Å². The zero-order valence-corrected chi connectivity index (χ0v) is 16.9. The Bertz CT molecular complexity index is 1120. The molecular formula is C24H26N3O+. The maximum atomic E-state index is 5.42. The molecule has 0 aliphatic heterocycles. The fraction of sp³-hybridized carbons (Fsp3) is 0.375. The minimum atomic E-state index is 0.333. The molecule has 2 unspecified atom stereocenters. The van der Waals surface area contributed by atoms with Gasteiger partial charge in [0.1, 0.15) is 7.05 Å². The van der Waals surface area contributed by atoms with Crippen molar-refractivity contribution in [2.75, 3.05) is 7.11 Å². The first-order valence-corrected chi connectivity index (χ1v) is 9.98. The van der Waals surface area contributed by atoms with Crippen LogP contribution >= 0.6 is 0 Å². The second-order valence-corrected chi connectivity index (χ2v) is 8.75. The summed E-state index contributed by atoms with van der Waals surface area (Å²) in [6.45, 7) is 4.74. The van der Waals surface area contributed by atoms with Gasteiger partial charge in [-0.1, -0.05) is 26.0 Å². The number of pyridine rings is 1. The highest BCUT2D eigenvalue weighted by Crippen LogP contribution is 2.62. The minimum Gasteiger partial charge on any atom is -0.467 e. The van der Waals surface area contributed by atoms with Gasteiger partial charge in [-0.3, -0.25) is 0 Å². The Balaban J connectivity index is 1.57. The summed E-state index contributed by atoms with van der Waals surface area (Å²) in [5.41, 5.74) is 6.23. The largest absolute Gasteiger partial charge is 0.467 e. The maximum Gasteiger partial charge on any atom is 0.316 e. The number of ether oxygens (including phenoxy) is 1. The molecule has 2 bridgehead atoms. The number of benzene rings is 1. The molecule has 142 valence electrons. The van der Waals surface area contributed by atoms with Crippen LogP contribution in [0.4, 0.5) is 0 Å². The van der Waals surface area contributed by atoms with Crippen LogP contribution in [0.2, 0.25) is 0 Å². The highest BCUT2D eigenvalue weighted by Gasteiger charge is 2.54. The van der Waals surface area contributed by atoms with Gasteiger partial charge in [-0.15, -0.1) is 0 Å². The first kappa shape index (κ1) is 17.4. The molecule has 28 heavy (non-hydrogen) atoms. The maximum absolute atomic E-state index is 5.42. The van der Waals surface area contributed by atoms with Gasteiger partial charge in [0, 0.05) is 28.5 Å². The second-order valence-electron chi connectivity index (χ2n) is 8.75. The summed E-state index contributed by atoms with van der Waals surface area (Å²) >= 11 is 0. The van der Waals surface area contributed by atoms with Gasteiger partial charge >= 0.3 is 6.01 Å². The Morgan fingerprint density at radius 3 is 2.79 bits per heavy atom. The lowest BCUT2D eigenvalue weighted by Crippen LogP contribution is -2.48. The Morgan fingerprint density at radius 1 is 1.18 bits per heavy atom. The zero-order valence-electron chi connectivity index (χ0n) is 16.9. The van der Waals surface area contributed by atoms with E-state index in [1.165, 1.54) is 28.6 Å². The molecule has 2 atom stereocenters. The molecule has 2 heterocycles. The van der Waals surface area contributed by atoms with E-state index in [0.717, 1.165) is 23.6 Å². The third kappa shape index (κ3) is 2.55. The van der Waals surface area contributed by atoms with Gasteiger partial charge in [0.25, 0.3) is 0 Å². The zero-order chi connectivity index (χ0) is 19.5.